The minimum atomic E-state index is -0.616. The van der Waals surface area contributed by atoms with Gasteiger partial charge in [-0.25, -0.2) is 10.8 Å². The van der Waals surface area contributed by atoms with Crippen LogP contribution in [0.4, 0.5) is 17.5 Å². The molecule has 10 heteroatoms. The van der Waals surface area contributed by atoms with Gasteiger partial charge in [0.25, 0.3) is 0 Å². The van der Waals surface area contributed by atoms with E-state index in [1.807, 2.05) is 0 Å². The smallest absolute Gasteiger partial charge is 0.332 e. The molecular weight excluding hydrogens is 254 g/mol. The number of rotatable bonds is 6. The summed E-state index contributed by atoms with van der Waals surface area (Å²) in [5, 5.41) is 11.1. The standard InChI is InChI=1S/C9H15N7O3/c1-3-15(4-6(10)17)8-7(16(18)19)5(2)12-9(13-8)14-11/h3-4,11H2,1-2H3,(H2,10,17)(H,12,13,14). The van der Waals surface area contributed by atoms with Crippen molar-refractivity contribution in [3.8, 4) is 0 Å². The Hall–Kier alpha value is -2.49. The highest BCUT2D eigenvalue weighted by Crippen LogP contribution is 2.29. The van der Waals surface area contributed by atoms with Gasteiger partial charge in [-0.1, -0.05) is 0 Å². The van der Waals surface area contributed by atoms with Crippen molar-refractivity contribution in [2.24, 2.45) is 11.6 Å². The number of amides is 1. The number of nitrogens with one attached hydrogen (secondary N) is 1. The van der Waals surface area contributed by atoms with E-state index in [4.69, 9.17) is 11.6 Å². The van der Waals surface area contributed by atoms with E-state index in [0.29, 0.717) is 6.54 Å². The maximum absolute atomic E-state index is 11.1. The molecule has 0 aromatic carbocycles. The van der Waals surface area contributed by atoms with Gasteiger partial charge in [0, 0.05) is 6.54 Å². The van der Waals surface area contributed by atoms with Crippen LogP contribution in [0.1, 0.15) is 12.6 Å². The zero-order chi connectivity index (χ0) is 14.6. The van der Waals surface area contributed by atoms with Crippen LogP contribution in [0.3, 0.4) is 0 Å². The summed E-state index contributed by atoms with van der Waals surface area (Å²) in [5.41, 5.74) is 7.19. The lowest BCUT2D eigenvalue weighted by atomic mass is 10.3. The van der Waals surface area contributed by atoms with Crippen molar-refractivity contribution in [1.82, 2.24) is 9.97 Å². The third-order valence-electron chi connectivity index (χ3n) is 2.38. The maximum atomic E-state index is 11.1. The zero-order valence-electron chi connectivity index (χ0n) is 10.6. The molecule has 0 aliphatic carbocycles. The average molecular weight is 269 g/mol. The van der Waals surface area contributed by atoms with Gasteiger partial charge in [0.05, 0.1) is 11.5 Å². The summed E-state index contributed by atoms with van der Waals surface area (Å²) < 4.78 is 0. The lowest BCUT2D eigenvalue weighted by Crippen LogP contribution is -2.35. The van der Waals surface area contributed by atoms with Crippen molar-refractivity contribution in [3.05, 3.63) is 15.8 Å². The molecule has 104 valence electrons. The third kappa shape index (κ3) is 3.25. The van der Waals surface area contributed by atoms with Crippen molar-refractivity contribution in [2.75, 3.05) is 23.4 Å². The Kier molecular flexibility index (Phi) is 4.53. The summed E-state index contributed by atoms with van der Waals surface area (Å²) in [5.74, 6) is 4.62. The van der Waals surface area contributed by atoms with E-state index in [1.54, 1.807) is 6.92 Å². The first-order valence-corrected chi connectivity index (χ1v) is 5.43. The molecule has 0 bridgehead atoms. The van der Waals surface area contributed by atoms with E-state index in [-0.39, 0.29) is 29.7 Å². The highest BCUT2D eigenvalue weighted by Gasteiger charge is 2.26. The van der Waals surface area contributed by atoms with Gasteiger partial charge in [0.2, 0.25) is 17.7 Å². The lowest BCUT2D eigenvalue weighted by Gasteiger charge is -2.20. The van der Waals surface area contributed by atoms with Gasteiger partial charge in [0.15, 0.2) is 0 Å². The second-order valence-electron chi connectivity index (χ2n) is 3.69. The predicted octanol–water partition coefficient (Wildman–Crippen LogP) is -0.710. The van der Waals surface area contributed by atoms with Crippen LogP contribution in [0.5, 0.6) is 0 Å². The van der Waals surface area contributed by atoms with Crippen LogP contribution in [0.15, 0.2) is 0 Å². The summed E-state index contributed by atoms with van der Waals surface area (Å²) in [6.45, 7) is 3.32. The minimum absolute atomic E-state index is 0.00625. The van der Waals surface area contributed by atoms with Crippen molar-refractivity contribution >= 4 is 23.4 Å². The van der Waals surface area contributed by atoms with E-state index < -0.39 is 10.8 Å². The number of nitrogens with zero attached hydrogens (tertiary/aromatic N) is 4. The van der Waals surface area contributed by atoms with E-state index in [9.17, 15) is 14.9 Å². The molecule has 0 aliphatic rings. The molecule has 0 saturated carbocycles. The fourth-order valence-corrected chi connectivity index (χ4v) is 1.58. The predicted molar refractivity (Wildman–Crippen MR) is 68.3 cm³/mol. The van der Waals surface area contributed by atoms with E-state index >= 15 is 0 Å². The number of nitrogen functional groups attached to an aromatic ring is 1. The Morgan fingerprint density at radius 3 is 2.58 bits per heavy atom. The van der Waals surface area contributed by atoms with E-state index in [2.05, 4.69) is 15.4 Å². The fourth-order valence-electron chi connectivity index (χ4n) is 1.58. The van der Waals surface area contributed by atoms with E-state index in [1.165, 1.54) is 11.8 Å². The van der Waals surface area contributed by atoms with Gasteiger partial charge in [0.1, 0.15) is 5.69 Å². The molecule has 0 unspecified atom stereocenters. The van der Waals surface area contributed by atoms with Crippen LogP contribution in [-0.2, 0) is 4.79 Å². The van der Waals surface area contributed by atoms with Crippen molar-refractivity contribution < 1.29 is 9.72 Å². The van der Waals surface area contributed by atoms with Gasteiger partial charge in [-0.3, -0.25) is 20.3 Å². The topological polar surface area (TPSA) is 153 Å². The first-order chi connectivity index (χ1) is 8.90. The molecule has 0 spiro atoms. The lowest BCUT2D eigenvalue weighted by molar-refractivity contribution is -0.385. The molecule has 0 atom stereocenters. The number of likely N-dealkylation sites (N-methyl/N-ethyl adjacent to an activating group) is 1. The fraction of sp³-hybridized carbons (Fsp3) is 0.444. The van der Waals surface area contributed by atoms with Crippen LogP contribution in [0.25, 0.3) is 0 Å². The number of hydrogen-bond acceptors (Lipinski definition) is 8. The molecule has 1 amide bonds. The number of anilines is 2. The number of nitrogens with two attached hydrogens (primary N) is 2. The monoisotopic (exact) mass is 269 g/mol. The molecule has 1 aromatic rings. The number of carbonyl (C=O) groups excluding carboxylic acids is 1. The van der Waals surface area contributed by atoms with E-state index in [0.717, 1.165) is 0 Å². The van der Waals surface area contributed by atoms with Gasteiger partial charge >= 0.3 is 5.69 Å². The number of carbonyl (C=O) groups is 1. The summed E-state index contributed by atoms with van der Waals surface area (Å²) in [7, 11) is 0. The van der Waals surface area contributed by atoms with Crippen LogP contribution in [-0.4, -0.2) is 33.9 Å². The number of hydrogen-bond donors (Lipinski definition) is 3. The second kappa shape index (κ2) is 5.91. The van der Waals surface area contributed by atoms with Crippen LogP contribution >= 0.6 is 0 Å². The van der Waals surface area contributed by atoms with Gasteiger partial charge in [-0.2, -0.15) is 4.98 Å². The summed E-state index contributed by atoms with van der Waals surface area (Å²) in [4.78, 5) is 30.6. The molecular formula is C9H15N7O3. The Balaban J connectivity index is 3.39. The molecule has 0 fully saturated rings. The molecule has 5 N–H and O–H groups in total. The zero-order valence-corrected chi connectivity index (χ0v) is 10.6. The average Bonchev–Trinajstić information content (AvgIpc) is 2.33. The van der Waals surface area contributed by atoms with Crippen LogP contribution in [0, 0.1) is 17.0 Å². The molecule has 0 aliphatic heterocycles. The van der Waals surface area contributed by atoms with Crippen molar-refractivity contribution in [1.29, 1.82) is 0 Å². The van der Waals surface area contributed by atoms with Crippen LogP contribution < -0.4 is 21.9 Å². The molecule has 1 heterocycles. The first-order valence-electron chi connectivity index (χ1n) is 5.43. The number of primary amides is 1. The number of aryl methyl sites for hydroxylation is 1. The van der Waals surface area contributed by atoms with Crippen molar-refractivity contribution in [2.45, 2.75) is 13.8 Å². The molecule has 0 radical (unpaired) electrons. The van der Waals surface area contributed by atoms with Gasteiger partial charge < -0.3 is 10.6 Å². The van der Waals surface area contributed by atoms with Gasteiger partial charge in [-0.05, 0) is 13.8 Å². The molecule has 10 nitrogen and oxygen atoms in total. The summed E-state index contributed by atoms with van der Waals surface area (Å²) in [6, 6.07) is 0. The number of aromatic nitrogens is 2. The third-order valence-corrected chi connectivity index (χ3v) is 2.38. The summed E-state index contributed by atoms with van der Waals surface area (Å²) >= 11 is 0. The quantitative estimate of drug-likeness (QED) is 0.347. The minimum Gasteiger partial charge on any atom is -0.368 e. The molecule has 0 saturated heterocycles. The Bertz CT molecular complexity index is 505. The molecule has 1 aromatic heterocycles. The molecule has 1 rings (SSSR count). The number of nitro groups is 1. The molecule has 19 heavy (non-hydrogen) atoms. The first kappa shape index (κ1) is 14.6. The second-order valence-corrected chi connectivity index (χ2v) is 3.69. The Labute approximate surface area is 108 Å². The highest BCUT2D eigenvalue weighted by atomic mass is 16.6. The van der Waals surface area contributed by atoms with Gasteiger partial charge in [-0.15, -0.1) is 0 Å². The summed E-state index contributed by atoms with van der Waals surface area (Å²) in [6.07, 6.45) is 0. The maximum Gasteiger partial charge on any atom is 0.332 e. The van der Waals surface area contributed by atoms with Crippen LogP contribution in [0.2, 0.25) is 0 Å². The largest absolute Gasteiger partial charge is 0.368 e. The highest BCUT2D eigenvalue weighted by molar-refractivity contribution is 5.80. The Morgan fingerprint density at radius 1 is 1.53 bits per heavy atom. The number of hydrazine groups is 1. The van der Waals surface area contributed by atoms with Crippen molar-refractivity contribution in [3.63, 3.8) is 0 Å². The SMILES string of the molecule is CCN(CC(N)=O)c1nc(NN)nc(C)c1[N+](=O)[O-]. The Morgan fingerprint density at radius 2 is 2.16 bits per heavy atom. The normalized spacial score (nSPS) is 10.1.